The van der Waals surface area contributed by atoms with Gasteiger partial charge >= 0.3 is 0 Å². The van der Waals surface area contributed by atoms with Crippen LogP contribution in [0.4, 0.5) is 0 Å². The number of ether oxygens (including phenoxy) is 1. The van der Waals surface area contributed by atoms with Crippen LogP contribution in [0.1, 0.15) is 50.0 Å². The van der Waals surface area contributed by atoms with Crippen molar-refractivity contribution >= 4 is 0 Å². The number of hydrogen-bond acceptors (Lipinski definition) is 4. The summed E-state index contributed by atoms with van der Waals surface area (Å²) in [5, 5.41) is 3.23. The van der Waals surface area contributed by atoms with E-state index in [1.807, 2.05) is 0 Å². The second kappa shape index (κ2) is 7.55. The van der Waals surface area contributed by atoms with Gasteiger partial charge in [-0.25, -0.2) is 4.98 Å². The number of methoxy groups -OCH3 is 1. The third-order valence-electron chi connectivity index (χ3n) is 4.00. The largest absolute Gasteiger partial charge is 0.383 e. The van der Waals surface area contributed by atoms with Crippen molar-refractivity contribution in [2.24, 2.45) is 5.92 Å². The zero-order chi connectivity index (χ0) is 14.4. The molecule has 1 heterocycles. The second-order valence-electron chi connectivity index (χ2n) is 5.75. The Hall–Kier alpha value is -1.20. The van der Waals surface area contributed by atoms with Crippen LogP contribution in [-0.4, -0.2) is 30.2 Å². The minimum Gasteiger partial charge on any atom is -0.383 e. The molecule has 5 heteroatoms. The van der Waals surface area contributed by atoms with Gasteiger partial charge in [-0.1, -0.05) is 19.8 Å². The first-order valence-corrected chi connectivity index (χ1v) is 7.49. The van der Waals surface area contributed by atoms with E-state index in [1.54, 1.807) is 13.2 Å². The molecule has 0 atom stereocenters. The van der Waals surface area contributed by atoms with Crippen LogP contribution in [0.5, 0.6) is 0 Å². The van der Waals surface area contributed by atoms with Crippen LogP contribution < -0.4 is 10.9 Å². The summed E-state index contributed by atoms with van der Waals surface area (Å²) in [6, 6.07) is 1.58. The molecular weight excluding hydrogens is 254 g/mol. The lowest BCUT2D eigenvalue weighted by atomic mass is 9.82. The highest BCUT2D eigenvalue weighted by Crippen LogP contribution is 2.33. The highest BCUT2D eigenvalue weighted by Gasteiger charge is 2.21. The molecule has 20 heavy (non-hydrogen) atoms. The summed E-state index contributed by atoms with van der Waals surface area (Å²) in [6.45, 7) is 4.34. The molecule has 1 aliphatic carbocycles. The van der Waals surface area contributed by atoms with Crippen molar-refractivity contribution in [3.05, 3.63) is 27.9 Å². The van der Waals surface area contributed by atoms with Gasteiger partial charge in [0.2, 0.25) is 0 Å². The van der Waals surface area contributed by atoms with Gasteiger partial charge in [0.05, 0.1) is 12.3 Å². The van der Waals surface area contributed by atoms with Crippen LogP contribution in [0.15, 0.2) is 10.9 Å². The Bertz CT molecular complexity index is 464. The monoisotopic (exact) mass is 279 g/mol. The van der Waals surface area contributed by atoms with Crippen LogP contribution >= 0.6 is 0 Å². The van der Waals surface area contributed by atoms with Crippen LogP contribution in [0.2, 0.25) is 0 Å². The van der Waals surface area contributed by atoms with Crippen molar-refractivity contribution in [1.29, 1.82) is 0 Å². The first-order valence-electron chi connectivity index (χ1n) is 7.49. The van der Waals surface area contributed by atoms with E-state index in [0.29, 0.717) is 19.1 Å². The molecular formula is C15H25N3O2. The van der Waals surface area contributed by atoms with Gasteiger partial charge in [-0.3, -0.25) is 4.79 Å². The molecule has 0 spiro atoms. The summed E-state index contributed by atoms with van der Waals surface area (Å²) in [6.07, 6.45) is 4.71. The Morgan fingerprint density at radius 2 is 2.15 bits per heavy atom. The summed E-state index contributed by atoms with van der Waals surface area (Å²) in [4.78, 5) is 19.3. The Balaban J connectivity index is 1.99. The molecule has 0 unspecified atom stereocenters. The summed E-state index contributed by atoms with van der Waals surface area (Å²) < 4.78 is 4.98. The molecule has 5 nitrogen and oxygen atoms in total. The topological polar surface area (TPSA) is 67.0 Å². The highest BCUT2D eigenvalue weighted by molar-refractivity contribution is 5.07. The van der Waals surface area contributed by atoms with E-state index in [2.05, 4.69) is 22.2 Å². The van der Waals surface area contributed by atoms with Crippen molar-refractivity contribution in [2.45, 2.75) is 45.1 Å². The zero-order valence-corrected chi connectivity index (χ0v) is 12.4. The van der Waals surface area contributed by atoms with Gasteiger partial charge < -0.3 is 15.0 Å². The van der Waals surface area contributed by atoms with Crippen LogP contribution in [0.3, 0.4) is 0 Å². The summed E-state index contributed by atoms with van der Waals surface area (Å²) >= 11 is 0. The molecule has 0 amide bonds. The predicted octanol–water partition coefficient (Wildman–Crippen LogP) is 1.80. The molecule has 0 bridgehead atoms. The fraction of sp³-hybridized carbons (Fsp3) is 0.733. The number of hydrogen-bond donors (Lipinski definition) is 2. The van der Waals surface area contributed by atoms with E-state index in [1.165, 1.54) is 12.8 Å². The van der Waals surface area contributed by atoms with E-state index in [9.17, 15) is 4.79 Å². The molecule has 2 N–H and O–H groups in total. The lowest BCUT2D eigenvalue weighted by molar-refractivity contribution is 0.199. The number of nitrogens with zero attached hydrogens (tertiary/aromatic N) is 1. The standard InChI is InChI=1S/C15H25N3O2/c1-11-3-5-12(6-4-11)15-17-13(9-14(19)18-15)10-16-7-8-20-2/h9,11-12,16H,3-8,10H2,1-2H3,(H,17,18,19). The van der Waals surface area contributed by atoms with Crippen LogP contribution in [0.25, 0.3) is 0 Å². The van der Waals surface area contributed by atoms with E-state index in [-0.39, 0.29) is 5.56 Å². The zero-order valence-electron chi connectivity index (χ0n) is 12.4. The molecule has 1 aromatic rings. The molecule has 1 aliphatic rings. The number of nitrogens with one attached hydrogen (secondary N) is 2. The molecule has 112 valence electrons. The van der Waals surface area contributed by atoms with Crippen molar-refractivity contribution in [1.82, 2.24) is 15.3 Å². The minimum absolute atomic E-state index is 0.0443. The Labute approximate surface area is 120 Å². The maximum atomic E-state index is 11.8. The van der Waals surface area contributed by atoms with Crippen molar-refractivity contribution in [2.75, 3.05) is 20.3 Å². The Kier molecular flexibility index (Phi) is 5.73. The molecule has 0 aliphatic heterocycles. The number of aromatic amines is 1. The van der Waals surface area contributed by atoms with Gasteiger partial charge in [0.1, 0.15) is 5.82 Å². The van der Waals surface area contributed by atoms with Gasteiger partial charge in [-0.2, -0.15) is 0 Å². The lowest BCUT2D eigenvalue weighted by Gasteiger charge is -2.25. The number of rotatable bonds is 6. The normalized spacial score (nSPS) is 22.9. The highest BCUT2D eigenvalue weighted by atomic mass is 16.5. The number of aromatic nitrogens is 2. The van der Waals surface area contributed by atoms with E-state index in [4.69, 9.17) is 4.74 Å². The SMILES string of the molecule is COCCNCc1cc(=O)[nH]c(C2CCC(C)CC2)n1. The maximum Gasteiger partial charge on any atom is 0.251 e. The van der Waals surface area contributed by atoms with Crippen LogP contribution in [0, 0.1) is 5.92 Å². The van der Waals surface area contributed by atoms with E-state index < -0.39 is 0 Å². The molecule has 0 aromatic carbocycles. The Morgan fingerprint density at radius 1 is 1.40 bits per heavy atom. The smallest absolute Gasteiger partial charge is 0.251 e. The van der Waals surface area contributed by atoms with Gasteiger partial charge in [-0.05, 0) is 18.8 Å². The first kappa shape index (κ1) is 15.2. The predicted molar refractivity (Wildman–Crippen MR) is 78.8 cm³/mol. The average Bonchev–Trinajstić information content (AvgIpc) is 2.44. The van der Waals surface area contributed by atoms with Gasteiger partial charge in [0.15, 0.2) is 0 Å². The third-order valence-corrected chi connectivity index (χ3v) is 4.00. The molecule has 1 saturated carbocycles. The second-order valence-corrected chi connectivity index (χ2v) is 5.75. The molecule has 0 radical (unpaired) electrons. The summed E-state index contributed by atoms with van der Waals surface area (Å²) in [5.74, 6) is 2.09. The summed E-state index contributed by atoms with van der Waals surface area (Å²) in [5.41, 5.74) is 0.774. The maximum absolute atomic E-state index is 11.8. The quantitative estimate of drug-likeness (QED) is 0.779. The first-order chi connectivity index (χ1) is 9.69. The van der Waals surface area contributed by atoms with Crippen molar-refractivity contribution in [3.63, 3.8) is 0 Å². The summed E-state index contributed by atoms with van der Waals surface area (Å²) in [7, 11) is 1.68. The van der Waals surface area contributed by atoms with E-state index in [0.717, 1.165) is 36.8 Å². The number of H-pyrrole nitrogens is 1. The van der Waals surface area contributed by atoms with Gasteiger partial charge in [0, 0.05) is 32.2 Å². The van der Waals surface area contributed by atoms with Gasteiger partial charge in [-0.15, -0.1) is 0 Å². The molecule has 2 rings (SSSR count). The average molecular weight is 279 g/mol. The third kappa shape index (κ3) is 4.42. The fourth-order valence-corrected chi connectivity index (χ4v) is 2.74. The molecule has 1 aromatic heterocycles. The minimum atomic E-state index is -0.0443. The molecule has 1 fully saturated rings. The van der Waals surface area contributed by atoms with E-state index >= 15 is 0 Å². The molecule has 0 saturated heterocycles. The van der Waals surface area contributed by atoms with Crippen molar-refractivity contribution < 1.29 is 4.74 Å². The van der Waals surface area contributed by atoms with Crippen molar-refractivity contribution in [3.8, 4) is 0 Å². The lowest BCUT2D eigenvalue weighted by Crippen LogP contribution is -2.23. The van der Waals surface area contributed by atoms with Gasteiger partial charge in [0.25, 0.3) is 5.56 Å². The fourth-order valence-electron chi connectivity index (χ4n) is 2.74. The Morgan fingerprint density at radius 3 is 2.85 bits per heavy atom. The van der Waals surface area contributed by atoms with Crippen LogP contribution in [-0.2, 0) is 11.3 Å².